The molecule has 132 valence electrons. The lowest BCUT2D eigenvalue weighted by atomic mass is 10.0. The Kier molecular flexibility index (Phi) is 5.08. The van der Waals surface area contributed by atoms with Gasteiger partial charge in [-0.05, 0) is 36.1 Å². The van der Waals surface area contributed by atoms with E-state index in [1.165, 1.54) is 9.87 Å². The lowest BCUT2D eigenvalue weighted by molar-refractivity contribution is 0.0951. The van der Waals surface area contributed by atoms with Gasteiger partial charge in [-0.3, -0.25) is 9.10 Å². The van der Waals surface area contributed by atoms with E-state index < -0.39 is 10.0 Å². The molecule has 1 fully saturated rings. The Balaban J connectivity index is 1.68. The van der Waals surface area contributed by atoms with E-state index in [0.29, 0.717) is 30.8 Å². The van der Waals surface area contributed by atoms with E-state index in [-0.39, 0.29) is 17.6 Å². The van der Waals surface area contributed by atoms with Crippen molar-refractivity contribution < 1.29 is 13.2 Å². The van der Waals surface area contributed by atoms with Gasteiger partial charge < -0.3 is 5.32 Å². The predicted octanol–water partition coefficient (Wildman–Crippen LogP) is 2.76. The zero-order chi connectivity index (χ0) is 17.9. The van der Waals surface area contributed by atoms with Gasteiger partial charge in [0, 0.05) is 18.7 Å². The van der Waals surface area contributed by atoms with Crippen LogP contribution in [0.3, 0.4) is 0 Å². The van der Waals surface area contributed by atoms with Gasteiger partial charge in [-0.15, -0.1) is 0 Å². The van der Waals surface area contributed by atoms with Gasteiger partial charge in [-0.2, -0.15) is 0 Å². The van der Waals surface area contributed by atoms with Gasteiger partial charge in [0.05, 0.1) is 11.4 Å². The highest BCUT2D eigenvalue weighted by Gasteiger charge is 2.28. The fourth-order valence-corrected chi connectivity index (χ4v) is 4.54. The monoisotopic (exact) mass is 358 g/mol. The molecule has 0 radical (unpaired) electrons. The van der Waals surface area contributed by atoms with Crippen LogP contribution in [0.25, 0.3) is 0 Å². The fourth-order valence-electron chi connectivity index (χ4n) is 2.98. The molecule has 2 aromatic rings. The highest BCUT2D eigenvalue weighted by atomic mass is 32.2. The largest absolute Gasteiger partial charge is 0.351 e. The average molecular weight is 358 g/mol. The second-order valence-electron chi connectivity index (χ2n) is 6.31. The molecular formula is C19H22N2O3S. The van der Waals surface area contributed by atoms with E-state index in [1.807, 2.05) is 30.3 Å². The zero-order valence-electron chi connectivity index (χ0n) is 14.2. The Morgan fingerprint density at radius 3 is 2.60 bits per heavy atom. The normalized spacial score (nSPS) is 17.2. The molecule has 3 rings (SSSR count). The molecule has 0 bridgehead atoms. The number of amides is 1. The quantitative estimate of drug-likeness (QED) is 0.894. The zero-order valence-corrected chi connectivity index (χ0v) is 15.0. The van der Waals surface area contributed by atoms with Crippen molar-refractivity contribution in [2.45, 2.75) is 19.3 Å². The summed E-state index contributed by atoms with van der Waals surface area (Å²) in [7, 11) is -3.24. The summed E-state index contributed by atoms with van der Waals surface area (Å²) in [5.41, 5.74) is 2.20. The van der Waals surface area contributed by atoms with Crippen molar-refractivity contribution in [2.75, 3.05) is 23.1 Å². The Morgan fingerprint density at radius 1 is 1.16 bits per heavy atom. The first-order valence-corrected chi connectivity index (χ1v) is 10.0. The van der Waals surface area contributed by atoms with Gasteiger partial charge >= 0.3 is 0 Å². The molecule has 1 saturated heterocycles. The maximum absolute atomic E-state index is 12.4. The average Bonchev–Trinajstić information content (AvgIpc) is 2.99. The van der Waals surface area contributed by atoms with Crippen LogP contribution in [0.15, 0.2) is 54.6 Å². The number of benzene rings is 2. The minimum atomic E-state index is -3.24. The molecule has 6 heteroatoms. The Morgan fingerprint density at radius 2 is 1.92 bits per heavy atom. The SMILES string of the molecule is C[C@H](CNC(=O)c1cccc(N2CCCS2(=O)=O)c1)c1ccccc1. The highest BCUT2D eigenvalue weighted by Crippen LogP contribution is 2.24. The molecule has 1 heterocycles. The summed E-state index contributed by atoms with van der Waals surface area (Å²) in [5.74, 6) is 0.173. The third-order valence-electron chi connectivity index (χ3n) is 4.43. The van der Waals surface area contributed by atoms with Crippen molar-refractivity contribution in [2.24, 2.45) is 0 Å². The Labute approximate surface area is 148 Å². The highest BCUT2D eigenvalue weighted by molar-refractivity contribution is 7.93. The molecule has 25 heavy (non-hydrogen) atoms. The molecule has 1 amide bonds. The first kappa shape index (κ1) is 17.5. The number of rotatable bonds is 5. The van der Waals surface area contributed by atoms with E-state index in [4.69, 9.17) is 0 Å². The van der Waals surface area contributed by atoms with Crippen LogP contribution in [0, 0.1) is 0 Å². The number of carbonyl (C=O) groups excluding carboxylic acids is 1. The lowest BCUT2D eigenvalue weighted by Crippen LogP contribution is -2.28. The van der Waals surface area contributed by atoms with Crippen molar-refractivity contribution >= 4 is 21.6 Å². The first-order chi connectivity index (χ1) is 12.0. The summed E-state index contributed by atoms with van der Waals surface area (Å²) < 4.78 is 25.5. The molecule has 1 aliphatic rings. The number of hydrogen-bond acceptors (Lipinski definition) is 3. The molecule has 5 nitrogen and oxygen atoms in total. The van der Waals surface area contributed by atoms with Crippen molar-refractivity contribution in [1.82, 2.24) is 5.32 Å². The molecule has 0 unspecified atom stereocenters. The fraction of sp³-hybridized carbons (Fsp3) is 0.316. The van der Waals surface area contributed by atoms with Crippen molar-refractivity contribution in [1.29, 1.82) is 0 Å². The van der Waals surface area contributed by atoms with Crippen LogP contribution in [-0.2, 0) is 10.0 Å². The van der Waals surface area contributed by atoms with Gasteiger partial charge in [0.15, 0.2) is 0 Å². The second kappa shape index (κ2) is 7.27. The maximum atomic E-state index is 12.4. The van der Waals surface area contributed by atoms with Crippen LogP contribution in [0.5, 0.6) is 0 Å². The maximum Gasteiger partial charge on any atom is 0.251 e. The van der Waals surface area contributed by atoms with E-state index in [1.54, 1.807) is 24.3 Å². The van der Waals surface area contributed by atoms with Gasteiger partial charge in [0.1, 0.15) is 0 Å². The Bertz CT molecular complexity index is 850. The topological polar surface area (TPSA) is 66.5 Å². The Hall–Kier alpha value is -2.34. The molecule has 0 spiro atoms. The summed E-state index contributed by atoms with van der Waals surface area (Å²) >= 11 is 0. The smallest absolute Gasteiger partial charge is 0.251 e. The summed E-state index contributed by atoms with van der Waals surface area (Å²) in [5, 5.41) is 2.93. The number of nitrogens with zero attached hydrogens (tertiary/aromatic N) is 1. The van der Waals surface area contributed by atoms with Gasteiger partial charge in [-0.1, -0.05) is 43.3 Å². The minimum Gasteiger partial charge on any atom is -0.351 e. The van der Waals surface area contributed by atoms with E-state index >= 15 is 0 Å². The van der Waals surface area contributed by atoms with Crippen molar-refractivity contribution in [3.05, 3.63) is 65.7 Å². The summed E-state index contributed by atoms with van der Waals surface area (Å²) in [6.45, 7) is 3.05. The number of sulfonamides is 1. The van der Waals surface area contributed by atoms with Crippen molar-refractivity contribution in [3.63, 3.8) is 0 Å². The molecule has 2 aromatic carbocycles. The summed E-state index contributed by atoms with van der Waals surface area (Å²) in [4.78, 5) is 12.4. The molecule has 0 saturated carbocycles. The third kappa shape index (κ3) is 4.02. The molecule has 0 aromatic heterocycles. The number of nitrogens with one attached hydrogen (secondary N) is 1. The van der Waals surface area contributed by atoms with Crippen molar-refractivity contribution in [3.8, 4) is 0 Å². The van der Waals surface area contributed by atoms with Crippen LogP contribution >= 0.6 is 0 Å². The molecule has 1 aliphatic heterocycles. The number of anilines is 1. The molecule has 1 atom stereocenters. The minimum absolute atomic E-state index is 0.165. The molecule has 0 aliphatic carbocycles. The standard InChI is InChI=1S/C19H22N2O3S/c1-15(16-7-3-2-4-8-16)14-20-19(22)17-9-5-10-18(13-17)21-11-6-12-25(21,23)24/h2-5,7-10,13,15H,6,11-12,14H2,1H3,(H,20,22)/t15-/m1/s1. The second-order valence-corrected chi connectivity index (χ2v) is 8.33. The number of hydrogen-bond donors (Lipinski definition) is 1. The molecule has 1 N–H and O–H groups in total. The van der Waals surface area contributed by atoms with E-state index in [0.717, 1.165) is 0 Å². The van der Waals surface area contributed by atoms with E-state index in [2.05, 4.69) is 12.2 Å². The van der Waals surface area contributed by atoms with Crippen LogP contribution in [-0.4, -0.2) is 33.2 Å². The van der Waals surface area contributed by atoms with Gasteiger partial charge in [0.25, 0.3) is 5.91 Å². The van der Waals surface area contributed by atoms with Gasteiger partial charge in [0.2, 0.25) is 10.0 Å². The van der Waals surface area contributed by atoms with Crippen LogP contribution in [0.1, 0.15) is 35.2 Å². The summed E-state index contributed by atoms with van der Waals surface area (Å²) in [6.07, 6.45) is 0.618. The first-order valence-electron chi connectivity index (χ1n) is 8.41. The van der Waals surface area contributed by atoms with E-state index in [9.17, 15) is 13.2 Å². The molecular weight excluding hydrogens is 336 g/mol. The van der Waals surface area contributed by atoms with Crippen LogP contribution < -0.4 is 9.62 Å². The van der Waals surface area contributed by atoms with Crippen LogP contribution in [0.2, 0.25) is 0 Å². The van der Waals surface area contributed by atoms with Gasteiger partial charge in [-0.25, -0.2) is 8.42 Å². The number of carbonyl (C=O) groups is 1. The van der Waals surface area contributed by atoms with Crippen LogP contribution in [0.4, 0.5) is 5.69 Å². The summed E-state index contributed by atoms with van der Waals surface area (Å²) in [6, 6.07) is 16.8. The lowest BCUT2D eigenvalue weighted by Gasteiger charge is -2.18. The third-order valence-corrected chi connectivity index (χ3v) is 6.30. The predicted molar refractivity (Wildman–Crippen MR) is 99.4 cm³/mol.